The smallest absolute Gasteiger partial charge is 0.168 e. The number of hydrogen-bond acceptors (Lipinski definition) is 2. The van der Waals surface area contributed by atoms with Crippen molar-refractivity contribution in [2.24, 2.45) is 0 Å². The molecule has 0 aliphatic rings. The van der Waals surface area contributed by atoms with Crippen molar-refractivity contribution in [3.05, 3.63) is 58.9 Å². The zero-order chi connectivity index (χ0) is 15.4. The predicted octanol–water partition coefficient (Wildman–Crippen LogP) is 4.18. The summed E-state index contributed by atoms with van der Waals surface area (Å²) in [5.74, 6) is -1.17. The summed E-state index contributed by atoms with van der Waals surface area (Å²) in [6, 6.07) is 6.15. The summed E-state index contributed by atoms with van der Waals surface area (Å²) >= 11 is 0. The number of aryl methyl sites for hydroxylation is 2. The van der Waals surface area contributed by atoms with Crippen LogP contribution in [-0.4, -0.2) is 13.2 Å². The van der Waals surface area contributed by atoms with Gasteiger partial charge in [-0.05, 0) is 49.2 Å². The maximum atomic E-state index is 13.5. The van der Waals surface area contributed by atoms with Gasteiger partial charge in [0.1, 0.15) is 30.6 Å². The largest absolute Gasteiger partial charge is 0.490 e. The second-order valence-electron chi connectivity index (χ2n) is 4.64. The van der Waals surface area contributed by atoms with Crippen LogP contribution in [0.5, 0.6) is 11.5 Å². The number of halogens is 3. The third-order valence-corrected chi connectivity index (χ3v) is 2.92. The molecule has 0 saturated carbocycles. The van der Waals surface area contributed by atoms with Crippen molar-refractivity contribution in [1.29, 1.82) is 0 Å². The number of hydrogen-bond donors (Lipinski definition) is 0. The second kappa shape index (κ2) is 6.52. The zero-order valence-electron chi connectivity index (χ0n) is 11.8. The molecule has 0 aliphatic heterocycles. The summed E-state index contributed by atoms with van der Waals surface area (Å²) < 4.78 is 50.1. The van der Waals surface area contributed by atoms with Crippen LogP contribution in [-0.2, 0) is 0 Å². The molecule has 2 rings (SSSR count). The van der Waals surface area contributed by atoms with E-state index in [0.717, 1.165) is 6.07 Å². The van der Waals surface area contributed by atoms with Crippen molar-refractivity contribution >= 4 is 0 Å². The molecule has 21 heavy (non-hydrogen) atoms. The molecule has 2 nitrogen and oxygen atoms in total. The lowest BCUT2D eigenvalue weighted by atomic mass is 10.2. The van der Waals surface area contributed by atoms with Crippen molar-refractivity contribution in [2.75, 3.05) is 13.2 Å². The molecule has 0 amide bonds. The van der Waals surface area contributed by atoms with Gasteiger partial charge < -0.3 is 9.47 Å². The van der Waals surface area contributed by atoms with Gasteiger partial charge in [-0.3, -0.25) is 0 Å². The van der Waals surface area contributed by atoms with Crippen LogP contribution in [0.1, 0.15) is 11.1 Å². The zero-order valence-corrected chi connectivity index (χ0v) is 11.8. The Morgan fingerprint density at radius 2 is 1.48 bits per heavy atom. The van der Waals surface area contributed by atoms with Crippen LogP contribution >= 0.6 is 0 Å². The molecule has 0 bridgehead atoms. The predicted molar refractivity (Wildman–Crippen MR) is 73.2 cm³/mol. The second-order valence-corrected chi connectivity index (χ2v) is 4.64. The summed E-state index contributed by atoms with van der Waals surface area (Å²) in [5.41, 5.74) is 1.05. The van der Waals surface area contributed by atoms with Crippen molar-refractivity contribution in [3.8, 4) is 11.5 Å². The highest BCUT2D eigenvalue weighted by Crippen LogP contribution is 2.23. The normalized spacial score (nSPS) is 10.5. The lowest BCUT2D eigenvalue weighted by molar-refractivity contribution is 0.209. The van der Waals surface area contributed by atoms with Crippen molar-refractivity contribution in [2.45, 2.75) is 13.8 Å². The fourth-order valence-electron chi connectivity index (χ4n) is 1.94. The Morgan fingerprint density at radius 3 is 2.14 bits per heavy atom. The van der Waals surface area contributed by atoms with Crippen molar-refractivity contribution in [1.82, 2.24) is 0 Å². The van der Waals surface area contributed by atoms with E-state index in [-0.39, 0.29) is 24.8 Å². The monoisotopic (exact) mass is 296 g/mol. The van der Waals surface area contributed by atoms with Gasteiger partial charge in [-0.2, -0.15) is 0 Å². The van der Waals surface area contributed by atoms with Crippen LogP contribution in [0.15, 0.2) is 30.3 Å². The standard InChI is InChI=1S/C16H15F3O2/c1-10-7-12(17)3-4-15(10)20-5-6-21-16-11(2)8-13(18)9-14(16)19/h3-4,7-9H,5-6H2,1-2H3. The third-order valence-electron chi connectivity index (χ3n) is 2.92. The number of benzene rings is 2. The van der Waals surface area contributed by atoms with E-state index >= 15 is 0 Å². The first-order chi connectivity index (χ1) is 9.97. The average Bonchev–Trinajstić information content (AvgIpc) is 2.38. The minimum absolute atomic E-state index is 0.0100. The van der Waals surface area contributed by atoms with Gasteiger partial charge in [0, 0.05) is 6.07 Å². The number of rotatable bonds is 5. The molecular weight excluding hydrogens is 281 g/mol. The van der Waals surface area contributed by atoms with E-state index in [1.807, 2.05) is 0 Å². The highest BCUT2D eigenvalue weighted by atomic mass is 19.1. The topological polar surface area (TPSA) is 18.5 Å². The molecule has 112 valence electrons. The molecule has 0 fully saturated rings. The van der Waals surface area contributed by atoms with Crippen LogP contribution < -0.4 is 9.47 Å². The molecule has 0 heterocycles. The van der Waals surface area contributed by atoms with E-state index in [2.05, 4.69) is 0 Å². The molecule has 2 aromatic rings. The molecule has 0 radical (unpaired) electrons. The Hall–Kier alpha value is -2.17. The van der Waals surface area contributed by atoms with Crippen molar-refractivity contribution < 1.29 is 22.6 Å². The summed E-state index contributed by atoms with van der Waals surface area (Å²) in [5, 5.41) is 0. The van der Waals surface area contributed by atoms with Gasteiger partial charge in [0.25, 0.3) is 0 Å². The Kier molecular flexibility index (Phi) is 4.73. The summed E-state index contributed by atoms with van der Waals surface area (Å²) in [6.45, 7) is 3.55. The maximum Gasteiger partial charge on any atom is 0.168 e. The van der Waals surface area contributed by atoms with Crippen LogP contribution in [0.25, 0.3) is 0 Å². The SMILES string of the molecule is Cc1cc(F)ccc1OCCOc1c(C)cc(F)cc1F. The molecular formula is C16H15F3O2. The van der Waals surface area contributed by atoms with E-state index in [1.165, 1.54) is 24.3 Å². The molecule has 0 atom stereocenters. The molecule has 0 N–H and O–H groups in total. The third kappa shape index (κ3) is 3.90. The maximum absolute atomic E-state index is 13.5. The molecule has 0 aliphatic carbocycles. The number of ether oxygens (including phenoxy) is 2. The Balaban J connectivity index is 1.90. The highest BCUT2D eigenvalue weighted by Gasteiger charge is 2.09. The van der Waals surface area contributed by atoms with Crippen LogP contribution in [0.4, 0.5) is 13.2 Å². The molecule has 0 aromatic heterocycles. The fourth-order valence-corrected chi connectivity index (χ4v) is 1.94. The van der Waals surface area contributed by atoms with Gasteiger partial charge in [0.05, 0.1) is 0 Å². The summed E-state index contributed by atoms with van der Waals surface area (Å²) in [6.07, 6.45) is 0. The highest BCUT2D eigenvalue weighted by molar-refractivity contribution is 5.34. The quantitative estimate of drug-likeness (QED) is 0.771. The molecule has 2 aromatic carbocycles. The van der Waals surface area contributed by atoms with Gasteiger partial charge in [0.15, 0.2) is 11.6 Å². The lowest BCUT2D eigenvalue weighted by Crippen LogP contribution is -2.11. The summed E-state index contributed by atoms with van der Waals surface area (Å²) in [7, 11) is 0. The Bertz CT molecular complexity index is 618. The Morgan fingerprint density at radius 1 is 0.810 bits per heavy atom. The van der Waals surface area contributed by atoms with Crippen molar-refractivity contribution in [3.63, 3.8) is 0 Å². The van der Waals surface area contributed by atoms with Gasteiger partial charge >= 0.3 is 0 Å². The molecule has 0 saturated heterocycles. The van der Waals surface area contributed by atoms with E-state index in [1.54, 1.807) is 13.8 Å². The van der Waals surface area contributed by atoms with Crippen LogP contribution in [0.3, 0.4) is 0 Å². The average molecular weight is 296 g/mol. The van der Waals surface area contributed by atoms with E-state index < -0.39 is 11.6 Å². The van der Waals surface area contributed by atoms with Gasteiger partial charge in [-0.15, -0.1) is 0 Å². The van der Waals surface area contributed by atoms with E-state index in [9.17, 15) is 13.2 Å². The first-order valence-electron chi connectivity index (χ1n) is 6.45. The van der Waals surface area contributed by atoms with E-state index in [0.29, 0.717) is 16.9 Å². The van der Waals surface area contributed by atoms with Crippen LogP contribution in [0, 0.1) is 31.3 Å². The molecule has 0 unspecified atom stereocenters. The van der Waals surface area contributed by atoms with Gasteiger partial charge in [0.2, 0.25) is 0 Å². The Labute approximate surface area is 121 Å². The molecule has 0 spiro atoms. The minimum atomic E-state index is -0.745. The van der Waals surface area contributed by atoms with Gasteiger partial charge in [-0.25, -0.2) is 13.2 Å². The lowest BCUT2D eigenvalue weighted by Gasteiger charge is -2.12. The summed E-state index contributed by atoms with van der Waals surface area (Å²) in [4.78, 5) is 0. The fraction of sp³-hybridized carbons (Fsp3) is 0.250. The minimum Gasteiger partial charge on any atom is -0.490 e. The first-order valence-corrected chi connectivity index (χ1v) is 6.45. The first kappa shape index (κ1) is 15.2. The van der Waals surface area contributed by atoms with E-state index in [4.69, 9.17) is 9.47 Å². The molecule has 5 heteroatoms. The van der Waals surface area contributed by atoms with Crippen LogP contribution in [0.2, 0.25) is 0 Å². The van der Waals surface area contributed by atoms with Gasteiger partial charge in [-0.1, -0.05) is 0 Å².